The van der Waals surface area contributed by atoms with E-state index >= 15 is 0 Å². The van der Waals surface area contributed by atoms with E-state index in [0.29, 0.717) is 18.1 Å². The molecule has 3 aromatic rings. The molecule has 0 bridgehead atoms. The lowest BCUT2D eigenvalue weighted by molar-refractivity contribution is -0.120. The number of aromatic nitrogens is 2. The van der Waals surface area contributed by atoms with Crippen molar-refractivity contribution in [2.75, 3.05) is 12.4 Å². The Hall–Kier alpha value is -2.58. The molecule has 0 radical (unpaired) electrons. The average Bonchev–Trinajstić information content (AvgIpc) is 3.18. The first kappa shape index (κ1) is 20.2. The van der Waals surface area contributed by atoms with Crippen molar-refractivity contribution in [3.05, 3.63) is 60.2 Å². The number of ether oxygens (including phenoxy) is 1. The molecule has 0 aliphatic rings. The van der Waals surface area contributed by atoms with Gasteiger partial charge in [-0.25, -0.2) is 0 Å². The van der Waals surface area contributed by atoms with Gasteiger partial charge in [-0.15, -0.1) is 10.2 Å². The molecule has 2 aromatic carbocycles. The molecule has 0 saturated carbocycles. The number of rotatable bonds is 9. The van der Waals surface area contributed by atoms with E-state index in [9.17, 15) is 4.79 Å². The smallest absolute Gasteiger partial charge is 0.233 e. The van der Waals surface area contributed by atoms with E-state index in [-0.39, 0.29) is 11.2 Å². The average molecular weight is 415 g/mol. The number of amides is 1. The first-order chi connectivity index (χ1) is 13.7. The van der Waals surface area contributed by atoms with Gasteiger partial charge >= 0.3 is 0 Å². The number of hydrogen-bond donors (Lipinski definition) is 2. The van der Waals surface area contributed by atoms with Gasteiger partial charge in [0, 0.05) is 18.3 Å². The van der Waals surface area contributed by atoms with Crippen LogP contribution >= 0.6 is 23.1 Å². The van der Waals surface area contributed by atoms with E-state index in [2.05, 4.69) is 20.8 Å². The van der Waals surface area contributed by atoms with Crippen LogP contribution in [0.4, 0.5) is 10.8 Å². The second kappa shape index (κ2) is 10.1. The quantitative estimate of drug-likeness (QED) is 0.503. The van der Waals surface area contributed by atoms with Crippen LogP contribution in [0, 0.1) is 0 Å². The second-order valence-corrected chi connectivity index (χ2v) is 8.38. The molecule has 1 aromatic heterocycles. The maximum atomic E-state index is 12.5. The fourth-order valence-corrected chi connectivity index (χ4v) is 4.44. The van der Waals surface area contributed by atoms with Crippen molar-refractivity contribution in [1.82, 2.24) is 15.5 Å². The first-order valence-electron chi connectivity index (χ1n) is 8.90. The maximum Gasteiger partial charge on any atom is 0.233 e. The lowest BCUT2D eigenvalue weighted by Gasteiger charge is -2.13. The molecule has 0 saturated heterocycles. The highest BCUT2D eigenvalue weighted by Crippen LogP contribution is 2.32. The summed E-state index contributed by atoms with van der Waals surface area (Å²) in [5.74, 6) is 0.777. The molecule has 146 valence electrons. The number of nitrogens with zero attached hydrogens (tertiary/aromatic N) is 2. The molecular formula is C20H22N4O2S2. The Balaban J connectivity index is 1.56. The summed E-state index contributed by atoms with van der Waals surface area (Å²) in [5, 5.41) is 15.1. The lowest BCUT2D eigenvalue weighted by atomic mass is 10.2. The Morgan fingerprint density at radius 1 is 1.18 bits per heavy atom. The Morgan fingerprint density at radius 3 is 2.75 bits per heavy atom. The summed E-state index contributed by atoms with van der Waals surface area (Å²) in [4.78, 5) is 12.5. The molecule has 1 unspecified atom stereocenters. The van der Waals surface area contributed by atoms with Gasteiger partial charge in [0.25, 0.3) is 0 Å². The normalized spacial score (nSPS) is 11.6. The number of carbonyl (C=O) groups excluding carboxylic acids is 1. The molecule has 8 heteroatoms. The molecule has 1 amide bonds. The second-order valence-electron chi connectivity index (χ2n) is 5.95. The highest BCUT2D eigenvalue weighted by Gasteiger charge is 2.20. The molecule has 0 aliphatic carbocycles. The predicted octanol–water partition coefficient (Wildman–Crippen LogP) is 4.48. The van der Waals surface area contributed by atoms with Gasteiger partial charge in [0.2, 0.25) is 11.0 Å². The SMILES string of the molecule is CCC(Sc1nnc(Nc2cccc(OC)c2)s1)C(=O)NCc1ccccc1. The van der Waals surface area contributed by atoms with Crippen molar-refractivity contribution in [3.63, 3.8) is 0 Å². The first-order valence-corrected chi connectivity index (χ1v) is 10.6. The zero-order valence-corrected chi connectivity index (χ0v) is 17.3. The summed E-state index contributed by atoms with van der Waals surface area (Å²) < 4.78 is 5.98. The number of anilines is 2. The molecule has 1 atom stereocenters. The number of hydrogen-bond acceptors (Lipinski definition) is 7. The Kier molecular flexibility index (Phi) is 7.27. The fourth-order valence-electron chi connectivity index (χ4n) is 2.48. The van der Waals surface area contributed by atoms with Crippen LogP contribution in [0.1, 0.15) is 18.9 Å². The number of nitrogens with one attached hydrogen (secondary N) is 2. The summed E-state index contributed by atoms with van der Waals surface area (Å²) in [6.07, 6.45) is 0.712. The van der Waals surface area contributed by atoms with Gasteiger partial charge < -0.3 is 15.4 Å². The van der Waals surface area contributed by atoms with Gasteiger partial charge in [0.05, 0.1) is 12.4 Å². The van der Waals surface area contributed by atoms with Crippen LogP contribution < -0.4 is 15.4 Å². The monoisotopic (exact) mass is 414 g/mol. The van der Waals surface area contributed by atoms with Crippen LogP contribution in [-0.2, 0) is 11.3 Å². The topological polar surface area (TPSA) is 76.1 Å². The van der Waals surface area contributed by atoms with Crippen molar-refractivity contribution < 1.29 is 9.53 Å². The van der Waals surface area contributed by atoms with Crippen molar-refractivity contribution >= 4 is 39.8 Å². The summed E-state index contributed by atoms with van der Waals surface area (Å²) in [5.41, 5.74) is 1.95. The zero-order valence-electron chi connectivity index (χ0n) is 15.7. The van der Waals surface area contributed by atoms with Crippen molar-refractivity contribution in [3.8, 4) is 5.75 Å². The van der Waals surface area contributed by atoms with Crippen LogP contribution in [0.3, 0.4) is 0 Å². The van der Waals surface area contributed by atoms with Gasteiger partial charge in [-0.1, -0.05) is 66.4 Å². The van der Waals surface area contributed by atoms with Gasteiger partial charge in [-0.05, 0) is 24.1 Å². The van der Waals surface area contributed by atoms with Crippen LogP contribution in [-0.4, -0.2) is 28.5 Å². The molecule has 3 rings (SSSR count). The maximum absolute atomic E-state index is 12.5. The summed E-state index contributed by atoms with van der Waals surface area (Å²) in [7, 11) is 1.63. The summed E-state index contributed by atoms with van der Waals surface area (Å²) in [6.45, 7) is 2.52. The minimum Gasteiger partial charge on any atom is -0.497 e. The molecule has 28 heavy (non-hydrogen) atoms. The van der Waals surface area contributed by atoms with Gasteiger partial charge in [-0.2, -0.15) is 0 Å². The van der Waals surface area contributed by atoms with Gasteiger partial charge in [0.1, 0.15) is 5.75 Å². The minimum atomic E-state index is -0.207. The predicted molar refractivity (Wildman–Crippen MR) is 114 cm³/mol. The molecule has 2 N–H and O–H groups in total. The van der Waals surface area contributed by atoms with Crippen molar-refractivity contribution in [1.29, 1.82) is 0 Å². The Labute approximate surface area is 172 Å². The lowest BCUT2D eigenvalue weighted by Crippen LogP contribution is -2.31. The van der Waals surface area contributed by atoms with Crippen LogP contribution in [0.15, 0.2) is 58.9 Å². The number of methoxy groups -OCH3 is 1. The molecule has 0 fully saturated rings. The fraction of sp³-hybridized carbons (Fsp3) is 0.250. The third-order valence-corrected chi connectivity index (χ3v) is 6.23. The minimum absolute atomic E-state index is 0.00820. The third-order valence-electron chi connectivity index (χ3n) is 3.94. The van der Waals surface area contributed by atoms with E-state index in [4.69, 9.17) is 4.74 Å². The van der Waals surface area contributed by atoms with E-state index in [1.165, 1.54) is 23.1 Å². The molecule has 6 nitrogen and oxygen atoms in total. The largest absolute Gasteiger partial charge is 0.497 e. The molecular weight excluding hydrogens is 392 g/mol. The number of thioether (sulfide) groups is 1. The molecule has 1 heterocycles. The van der Waals surface area contributed by atoms with E-state index < -0.39 is 0 Å². The highest BCUT2D eigenvalue weighted by molar-refractivity contribution is 8.02. The van der Waals surface area contributed by atoms with E-state index in [0.717, 1.165) is 21.3 Å². The highest BCUT2D eigenvalue weighted by atomic mass is 32.2. The summed E-state index contributed by atoms with van der Waals surface area (Å²) in [6, 6.07) is 17.5. The molecule has 0 spiro atoms. The number of benzene rings is 2. The van der Waals surface area contributed by atoms with Crippen LogP contribution in [0.2, 0.25) is 0 Å². The number of carbonyl (C=O) groups is 1. The van der Waals surface area contributed by atoms with Crippen LogP contribution in [0.25, 0.3) is 0 Å². The van der Waals surface area contributed by atoms with Crippen molar-refractivity contribution in [2.45, 2.75) is 29.5 Å². The molecule has 0 aliphatic heterocycles. The van der Waals surface area contributed by atoms with Crippen LogP contribution in [0.5, 0.6) is 5.75 Å². The zero-order chi connectivity index (χ0) is 19.8. The van der Waals surface area contributed by atoms with E-state index in [1.54, 1.807) is 7.11 Å². The van der Waals surface area contributed by atoms with Crippen molar-refractivity contribution in [2.24, 2.45) is 0 Å². The Bertz CT molecular complexity index is 902. The third kappa shape index (κ3) is 5.71. The van der Waals surface area contributed by atoms with E-state index in [1.807, 2.05) is 61.5 Å². The van der Waals surface area contributed by atoms with Gasteiger partial charge in [0.15, 0.2) is 4.34 Å². The summed E-state index contributed by atoms with van der Waals surface area (Å²) >= 11 is 2.86. The van der Waals surface area contributed by atoms with Gasteiger partial charge in [-0.3, -0.25) is 4.79 Å². The Morgan fingerprint density at radius 2 is 2.00 bits per heavy atom. The standard InChI is InChI=1S/C20H22N4O2S2/c1-3-17(18(25)21-13-14-8-5-4-6-9-14)27-20-24-23-19(28-20)22-15-10-7-11-16(12-15)26-2/h4-12,17H,3,13H2,1-2H3,(H,21,25)(H,22,23).